The number of aryl methyl sites for hydroxylation is 1. The number of halogens is 3. The highest BCUT2D eigenvalue weighted by Gasteiger charge is 2.10. The van der Waals surface area contributed by atoms with E-state index in [2.05, 4.69) is 41.9 Å². The van der Waals surface area contributed by atoms with Gasteiger partial charge in [-0.05, 0) is 54.1 Å². The Bertz CT molecular complexity index is 1370. The number of hydrogen-bond donors (Lipinski definition) is 0. The Morgan fingerprint density at radius 1 is 1.06 bits per heavy atom. The second-order valence-electron chi connectivity index (χ2n) is 7.00. The molecule has 0 saturated heterocycles. The van der Waals surface area contributed by atoms with E-state index in [1.165, 1.54) is 4.68 Å². The molecule has 0 fully saturated rings. The van der Waals surface area contributed by atoms with E-state index in [4.69, 9.17) is 16.3 Å². The minimum absolute atomic E-state index is 0.233. The van der Waals surface area contributed by atoms with Gasteiger partial charge in [0.1, 0.15) is 18.2 Å². The van der Waals surface area contributed by atoms with Crippen LogP contribution in [0.15, 0.2) is 79.5 Å². The highest BCUT2D eigenvalue weighted by atomic mass is 79.9. The first-order chi connectivity index (χ1) is 15.4. The van der Waals surface area contributed by atoms with Crippen molar-refractivity contribution in [3.63, 3.8) is 0 Å². The number of hydrogen-bond acceptors (Lipinski definition) is 4. The lowest BCUT2D eigenvalue weighted by molar-refractivity contribution is 0.306. The van der Waals surface area contributed by atoms with Crippen molar-refractivity contribution in [2.45, 2.75) is 20.0 Å². The van der Waals surface area contributed by atoms with Crippen LogP contribution in [0.2, 0.25) is 5.02 Å². The molecule has 0 radical (unpaired) electrons. The predicted molar refractivity (Wildman–Crippen MR) is 136 cm³/mol. The number of rotatable bonds is 6. The molecule has 4 rings (SSSR count). The van der Waals surface area contributed by atoms with E-state index >= 15 is 0 Å². The molecule has 8 heteroatoms. The second kappa shape index (κ2) is 9.98. The lowest BCUT2D eigenvalue weighted by Gasteiger charge is -2.11. The Hall–Kier alpha value is -2.48. The van der Waals surface area contributed by atoms with Crippen molar-refractivity contribution in [2.24, 2.45) is 5.10 Å². The normalized spacial score (nSPS) is 11.4. The van der Waals surface area contributed by atoms with Gasteiger partial charge in [0.25, 0.3) is 5.56 Å². The average molecular weight is 576 g/mol. The number of aromatic nitrogens is 2. The predicted octanol–water partition coefficient (Wildman–Crippen LogP) is 6.60. The maximum absolute atomic E-state index is 13.1. The molecule has 0 saturated carbocycles. The van der Waals surface area contributed by atoms with E-state index in [1.54, 1.807) is 30.5 Å². The molecule has 0 spiro atoms. The van der Waals surface area contributed by atoms with Gasteiger partial charge in [-0.3, -0.25) is 4.79 Å². The average Bonchev–Trinajstić information content (AvgIpc) is 2.79. The molecule has 0 aliphatic heterocycles. The molecule has 162 valence electrons. The summed E-state index contributed by atoms with van der Waals surface area (Å²) in [5, 5.41) is 5.49. The Balaban J connectivity index is 1.69. The van der Waals surface area contributed by atoms with Gasteiger partial charge in [-0.15, -0.1) is 0 Å². The van der Waals surface area contributed by atoms with Gasteiger partial charge in [-0.2, -0.15) is 9.78 Å². The largest absolute Gasteiger partial charge is 0.488 e. The summed E-state index contributed by atoms with van der Waals surface area (Å²) in [5.74, 6) is 1.18. The summed E-state index contributed by atoms with van der Waals surface area (Å²) in [7, 11) is 0. The third kappa shape index (κ3) is 5.11. The summed E-state index contributed by atoms with van der Waals surface area (Å²) in [5.41, 5.74) is 2.10. The molecular formula is C24H18Br2ClN3O2. The Labute approximate surface area is 207 Å². The Morgan fingerprint density at radius 3 is 2.56 bits per heavy atom. The summed E-state index contributed by atoms with van der Waals surface area (Å²) in [6.45, 7) is 2.33. The van der Waals surface area contributed by atoms with E-state index in [-0.39, 0.29) is 5.56 Å². The topological polar surface area (TPSA) is 56.5 Å². The molecule has 0 aliphatic carbocycles. The molecule has 1 aromatic heterocycles. The molecule has 0 atom stereocenters. The van der Waals surface area contributed by atoms with Gasteiger partial charge >= 0.3 is 0 Å². The third-order valence-electron chi connectivity index (χ3n) is 4.78. The summed E-state index contributed by atoms with van der Waals surface area (Å²) in [6.07, 6.45) is 2.13. The van der Waals surface area contributed by atoms with Crippen molar-refractivity contribution < 1.29 is 4.74 Å². The van der Waals surface area contributed by atoms with Gasteiger partial charge in [0.15, 0.2) is 0 Å². The fourth-order valence-corrected chi connectivity index (χ4v) is 3.96. The van der Waals surface area contributed by atoms with Crippen LogP contribution in [-0.2, 0) is 13.0 Å². The van der Waals surface area contributed by atoms with Gasteiger partial charge in [-0.1, -0.05) is 62.5 Å². The van der Waals surface area contributed by atoms with Crippen LogP contribution in [0.1, 0.15) is 23.9 Å². The van der Waals surface area contributed by atoms with E-state index in [0.29, 0.717) is 46.1 Å². The monoisotopic (exact) mass is 573 g/mol. The molecule has 0 N–H and O–H groups in total. The maximum atomic E-state index is 13.1. The zero-order chi connectivity index (χ0) is 22.7. The van der Waals surface area contributed by atoms with Crippen molar-refractivity contribution in [1.82, 2.24) is 9.66 Å². The van der Waals surface area contributed by atoms with Crippen LogP contribution in [-0.4, -0.2) is 15.9 Å². The minimum Gasteiger partial charge on any atom is -0.488 e. The summed E-state index contributed by atoms with van der Waals surface area (Å²) < 4.78 is 9.15. The van der Waals surface area contributed by atoms with E-state index in [9.17, 15) is 4.79 Å². The maximum Gasteiger partial charge on any atom is 0.282 e. The highest BCUT2D eigenvalue weighted by Crippen LogP contribution is 2.23. The van der Waals surface area contributed by atoms with Crippen LogP contribution >= 0.6 is 43.5 Å². The minimum atomic E-state index is -0.233. The first kappa shape index (κ1) is 22.7. The number of fused-ring (bicyclic) bond motifs is 1. The molecule has 5 nitrogen and oxygen atoms in total. The molecule has 0 amide bonds. The molecular weight excluding hydrogens is 558 g/mol. The fraction of sp³-hybridized carbons (Fsp3) is 0.125. The van der Waals surface area contributed by atoms with Crippen molar-refractivity contribution >= 4 is 60.6 Å². The Kier molecular flexibility index (Phi) is 7.08. The molecule has 0 bridgehead atoms. The smallest absolute Gasteiger partial charge is 0.282 e. The molecule has 4 aromatic rings. The summed E-state index contributed by atoms with van der Waals surface area (Å²) in [4.78, 5) is 17.7. The number of nitrogens with zero attached hydrogens (tertiary/aromatic N) is 3. The lowest BCUT2D eigenvalue weighted by atomic mass is 10.2. The van der Waals surface area contributed by atoms with Crippen LogP contribution in [0.25, 0.3) is 10.9 Å². The van der Waals surface area contributed by atoms with E-state index in [1.807, 2.05) is 43.3 Å². The quantitative estimate of drug-likeness (QED) is 0.244. The molecule has 3 aromatic carbocycles. The fourth-order valence-electron chi connectivity index (χ4n) is 3.16. The van der Waals surface area contributed by atoms with E-state index in [0.717, 1.165) is 14.5 Å². The van der Waals surface area contributed by atoms with Crippen LogP contribution in [0.4, 0.5) is 0 Å². The van der Waals surface area contributed by atoms with Crippen molar-refractivity contribution in [1.29, 1.82) is 0 Å². The zero-order valence-corrected chi connectivity index (χ0v) is 21.0. The van der Waals surface area contributed by atoms with Crippen molar-refractivity contribution in [2.75, 3.05) is 0 Å². The lowest BCUT2D eigenvalue weighted by Crippen LogP contribution is -2.22. The molecule has 1 heterocycles. The molecule has 0 aliphatic rings. The Morgan fingerprint density at radius 2 is 1.81 bits per heavy atom. The van der Waals surface area contributed by atoms with Gasteiger partial charge in [0.2, 0.25) is 0 Å². The first-order valence-corrected chi connectivity index (χ1v) is 11.8. The summed E-state index contributed by atoms with van der Waals surface area (Å²) in [6, 6.07) is 18.6. The molecule has 32 heavy (non-hydrogen) atoms. The van der Waals surface area contributed by atoms with Crippen molar-refractivity contribution in [3.05, 3.63) is 102 Å². The highest BCUT2D eigenvalue weighted by molar-refractivity contribution is 9.10. The van der Waals surface area contributed by atoms with Gasteiger partial charge in [-0.25, -0.2) is 4.98 Å². The second-order valence-corrected chi connectivity index (χ2v) is 9.27. The van der Waals surface area contributed by atoms with Gasteiger partial charge < -0.3 is 4.74 Å². The van der Waals surface area contributed by atoms with Crippen LogP contribution in [0, 0.1) is 0 Å². The standard InChI is InChI=1S/C24H18Br2ClN3O2/c1-2-23-29-21-9-7-18(26)12-20(21)24(31)30(23)28-13-16-11-19(27)8-10-22(16)32-14-15-3-5-17(25)6-4-15/h3-13H,2,14H2,1H3. The molecule has 0 unspecified atom stereocenters. The zero-order valence-electron chi connectivity index (χ0n) is 17.1. The van der Waals surface area contributed by atoms with E-state index < -0.39 is 0 Å². The van der Waals surface area contributed by atoms with Crippen LogP contribution in [0.3, 0.4) is 0 Å². The van der Waals surface area contributed by atoms with Crippen molar-refractivity contribution in [3.8, 4) is 5.75 Å². The number of benzene rings is 3. The van der Waals surface area contributed by atoms with Crippen LogP contribution in [0.5, 0.6) is 5.75 Å². The van der Waals surface area contributed by atoms with Gasteiger partial charge in [0.05, 0.1) is 17.1 Å². The summed E-state index contributed by atoms with van der Waals surface area (Å²) >= 11 is 13.1. The van der Waals surface area contributed by atoms with Gasteiger partial charge in [0, 0.05) is 26.0 Å². The number of ether oxygens (including phenoxy) is 1. The first-order valence-electron chi connectivity index (χ1n) is 9.87. The SMILES string of the molecule is CCc1nc2ccc(Br)cc2c(=O)n1N=Cc1cc(Cl)ccc1OCc1ccc(Br)cc1. The third-order valence-corrected chi connectivity index (χ3v) is 6.04. The van der Waals surface area contributed by atoms with Crippen LogP contribution < -0.4 is 10.3 Å².